The third kappa shape index (κ3) is 3.89. The maximum atomic E-state index is 13.4. The van der Waals surface area contributed by atoms with Crippen LogP contribution in [0.4, 0.5) is 0 Å². The summed E-state index contributed by atoms with van der Waals surface area (Å²) >= 11 is 0. The van der Waals surface area contributed by atoms with E-state index in [1.807, 2.05) is 0 Å². The molecule has 1 fully saturated rings. The van der Waals surface area contributed by atoms with Gasteiger partial charge in [-0.1, -0.05) is 6.07 Å². The molecule has 0 saturated carbocycles. The highest BCUT2D eigenvalue weighted by atomic mass is 16.7. The molecule has 0 aromatic heterocycles. The van der Waals surface area contributed by atoms with Crippen LogP contribution in [0.3, 0.4) is 0 Å². The number of hydrogen-bond acceptors (Lipinski definition) is 12. The maximum Gasteiger partial charge on any atom is 0.231 e. The van der Waals surface area contributed by atoms with Crippen molar-refractivity contribution in [2.45, 2.75) is 36.6 Å². The summed E-state index contributed by atoms with van der Waals surface area (Å²) in [5.41, 5.74) is 0.502. The number of aliphatic hydroxyl groups is 4. The number of phenols is 1. The normalized spacial score (nSPS) is 29.3. The summed E-state index contributed by atoms with van der Waals surface area (Å²) in [7, 11) is 1.24. The number of methoxy groups -OCH3 is 1. The third-order valence-corrected chi connectivity index (χ3v) is 6.25. The van der Waals surface area contributed by atoms with Crippen LogP contribution in [0, 0.1) is 0 Å². The van der Waals surface area contributed by atoms with Gasteiger partial charge in [-0.25, -0.2) is 0 Å². The molecule has 3 aliphatic rings. The van der Waals surface area contributed by atoms with E-state index in [4.69, 9.17) is 28.4 Å². The average Bonchev–Trinajstić information content (AvgIpc) is 3.32. The number of benzene rings is 2. The van der Waals surface area contributed by atoms with Crippen molar-refractivity contribution in [1.82, 2.24) is 0 Å². The van der Waals surface area contributed by atoms with E-state index in [-0.39, 0.29) is 36.2 Å². The van der Waals surface area contributed by atoms with Crippen LogP contribution in [0.25, 0.3) is 0 Å². The lowest BCUT2D eigenvalue weighted by Crippen LogP contribution is -2.60. The molecule has 5 rings (SSSR count). The Bertz CT molecular complexity index is 1130. The molecule has 0 amide bonds. The van der Waals surface area contributed by atoms with Crippen LogP contribution < -0.4 is 23.7 Å². The molecule has 0 unspecified atom stereocenters. The van der Waals surface area contributed by atoms with Crippen LogP contribution in [-0.2, 0) is 4.74 Å². The summed E-state index contributed by atoms with van der Waals surface area (Å²) in [5.74, 6) is -0.981. The van der Waals surface area contributed by atoms with E-state index < -0.39 is 54.8 Å². The molecule has 6 atom stereocenters. The zero-order chi connectivity index (χ0) is 24.9. The zero-order valence-electron chi connectivity index (χ0n) is 18.5. The molecule has 2 aromatic rings. The Labute approximate surface area is 198 Å². The monoisotopic (exact) mass is 492 g/mol. The van der Waals surface area contributed by atoms with E-state index >= 15 is 0 Å². The van der Waals surface area contributed by atoms with Gasteiger partial charge in [0.1, 0.15) is 42.3 Å². The van der Waals surface area contributed by atoms with E-state index in [0.717, 1.165) is 0 Å². The van der Waals surface area contributed by atoms with Gasteiger partial charge in [-0.2, -0.15) is 0 Å². The number of fused-ring (bicyclic) bond motifs is 2. The highest BCUT2D eigenvalue weighted by molar-refractivity contribution is 6.07. The van der Waals surface area contributed by atoms with Crippen molar-refractivity contribution in [2.75, 3.05) is 27.1 Å². The summed E-state index contributed by atoms with van der Waals surface area (Å²) in [5, 5.41) is 50.5. The molecule has 0 bridgehead atoms. The Morgan fingerprint density at radius 1 is 1.00 bits per heavy atom. The van der Waals surface area contributed by atoms with Crippen LogP contribution in [0.1, 0.15) is 21.8 Å². The number of phenolic OH excluding ortho intramolecular Hbond substituents is 1. The van der Waals surface area contributed by atoms with Crippen molar-refractivity contribution in [1.29, 1.82) is 0 Å². The van der Waals surface area contributed by atoms with Gasteiger partial charge < -0.3 is 54.0 Å². The van der Waals surface area contributed by atoms with Crippen LogP contribution in [0.15, 0.2) is 24.3 Å². The number of rotatable bonds is 5. The molecule has 0 aliphatic carbocycles. The topological polar surface area (TPSA) is 174 Å². The Kier molecular flexibility index (Phi) is 6.07. The number of aromatic hydroxyl groups is 1. The minimum Gasteiger partial charge on any atom is -0.504 e. The van der Waals surface area contributed by atoms with E-state index in [1.165, 1.54) is 13.2 Å². The Hall–Kier alpha value is -3.29. The molecule has 188 valence electrons. The van der Waals surface area contributed by atoms with Crippen molar-refractivity contribution >= 4 is 5.78 Å². The highest BCUT2D eigenvalue weighted by Gasteiger charge is 2.45. The number of hydrogen-bond donors (Lipinski definition) is 5. The standard InChI is InChI=1S/C23H24O12/c1-30-22-14(34-23-21(29)20(28)18(26)15(6-24)35-23)5-13-16(19(22)27)17(25)10(7-31-13)9-2-3-11-12(4-9)33-8-32-11/h2-5,10,15,18,20-21,23-24,26-29H,6-8H2,1H3/t10-,15-,18+,20+,21-,23-/m1/s1. The maximum absolute atomic E-state index is 13.4. The SMILES string of the molecule is COc1c(O[C@@H]2O[C@H](CO)[C@H](O)[C@H](O)[C@H]2O)cc2c(c1O)C(=O)[C@@H](c1ccc3c(c1)OCO3)CO2. The van der Waals surface area contributed by atoms with E-state index in [9.17, 15) is 30.3 Å². The zero-order valence-corrected chi connectivity index (χ0v) is 18.5. The molecule has 12 nitrogen and oxygen atoms in total. The molecule has 5 N–H and O–H groups in total. The van der Waals surface area contributed by atoms with Crippen molar-refractivity contribution in [3.63, 3.8) is 0 Å². The van der Waals surface area contributed by atoms with Crippen LogP contribution >= 0.6 is 0 Å². The fourth-order valence-corrected chi connectivity index (χ4v) is 4.33. The van der Waals surface area contributed by atoms with Crippen LogP contribution in [-0.4, -0.2) is 89.1 Å². The summed E-state index contributed by atoms with van der Waals surface area (Å²) in [4.78, 5) is 13.4. The summed E-state index contributed by atoms with van der Waals surface area (Å²) in [6, 6.07) is 6.39. The van der Waals surface area contributed by atoms with Gasteiger partial charge in [0.25, 0.3) is 0 Å². The largest absolute Gasteiger partial charge is 0.504 e. The van der Waals surface area contributed by atoms with E-state index in [1.54, 1.807) is 18.2 Å². The molecule has 1 saturated heterocycles. The second-order valence-electron chi connectivity index (χ2n) is 8.29. The molecule has 0 radical (unpaired) electrons. The molecule has 35 heavy (non-hydrogen) atoms. The van der Waals surface area contributed by atoms with Gasteiger partial charge in [-0.3, -0.25) is 4.79 Å². The predicted molar refractivity (Wildman–Crippen MR) is 114 cm³/mol. The molecular weight excluding hydrogens is 468 g/mol. The first-order valence-corrected chi connectivity index (χ1v) is 10.8. The summed E-state index contributed by atoms with van der Waals surface area (Å²) in [6.07, 6.45) is -7.65. The number of ketones is 1. The van der Waals surface area contributed by atoms with Crippen molar-refractivity contribution in [2.24, 2.45) is 0 Å². The lowest BCUT2D eigenvalue weighted by atomic mass is 9.88. The van der Waals surface area contributed by atoms with Gasteiger partial charge in [0, 0.05) is 6.07 Å². The molecular formula is C23H24O12. The number of carbonyl (C=O) groups is 1. The van der Waals surface area contributed by atoms with Gasteiger partial charge >= 0.3 is 0 Å². The Balaban J connectivity index is 1.45. The van der Waals surface area contributed by atoms with E-state index in [0.29, 0.717) is 17.1 Å². The molecule has 3 aliphatic heterocycles. The number of Topliss-reactive ketones (excluding diaryl/α,β-unsaturated/α-hetero) is 1. The fraction of sp³-hybridized carbons (Fsp3) is 0.435. The average molecular weight is 492 g/mol. The van der Waals surface area contributed by atoms with Crippen LogP contribution in [0.2, 0.25) is 0 Å². The molecule has 12 heteroatoms. The Morgan fingerprint density at radius 3 is 2.51 bits per heavy atom. The van der Waals surface area contributed by atoms with E-state index in [2.05, 4.69) is 0 Å². The minimum absolute atomic E-state index is 0.0184. The second-order valence-corrected chi connectivity index (χ2v) is 8.29. The van der Waals surface area contributed by atoms with Crippen molar-refractivity contribution in [3.8, 4) is 34.5 Å². The number of carbonyl (C=O) groups excluding carboxylic acids is 1. The second kappa shape index (κ2) is 9.06. The number of aliphatic hydroxyl groups excluding tert-OH is 4. The summed E-state index contributed by atoms with van der Waals surface area (Å²) < 4.78 is 32.7. The first kappa shape index (κ1) is 23.5. The predicted octanol–water partition coefficient (Wildman–Crippen LogP) is -0.333. The minimum atomic E-state index is -1.69. The van der Waals surface area contributed by atoms with Gasteiger partial charge in [0.05, 0.1) is 19.6 Å². The lowest BCUT2D eigenvalue weighted by molar-refractivity contribution is -0.277. The molecule has 0 spiro atoms. The smallest absolute Gasteiger partial charge is 0.231 e. The Morgan fingerprint density at radius 2 is 1.77 bits per heavy atom. The van der Waals surface area contributed by atoms with Gasteiger partial charge in [0.15, 0.2) is 28.8 Å². The fourth-order valence-electron chi connectivity index (χ4n) is 4.33. The van der Waals surface area contributed by atoms with Gasteiger partial charge in [-0.15, -0.1) is 0 Å². The first-order valence-electron chi connectivity index (χ1n) is 10.8. The lowest BCUT2D eigenvalue weighted by Gasteiger charge is -2.39. The molecule has 3 heterocycles. The highest BCUT2D eigenvalue weighted by Crippen LogP contribution is 2.49. The number of ether oxygens (including phenoxy) is 6. The van der Waals surface area contributed by atoms with Crippen LogP contribution in [0.5, 0.6) is 34.5 Å². The quantitative estimate of drug-likeness (QED) is 0.368. The van der Waals surface area contributed by atoms with Gasteiger partial charge in [0.2, 0.25) is 18.8 Å². The third-order valence-electron chi connectivity index (χ3n) is 6.25. The van der Waals surface area contributed by atoms with Crippen molar-refractivity contribution < 1.29 is 58.7 Å². The molecule has 2 aromatic carbocycles. The van der Waals surface area contributed by atoms with Gasteiger partial charge in [-0.05, 0) is 17.7 Å². The first-order chi connectivity index (χ1) is 16.8. The van der Waals surface area contributed by atoms with Crippen molar-refractivity contribution in [3.05, 3.63) is 35.4 Å². The summed E-state index contributed by atoms with van der Waals surface area (Å²) in [6.45, 7) is -0.584.